The third-order valence-electron chi connectivity index (χ3n) is 7.81. The molecule has 1 fully saturated rings. The molecule has 2 aromatic heterocycles. The molecule has 0 radical (unpaired) electrons. The molecule has 194 valence electrons. The molecule has 1 aliphatic carbocycles. The van der Waals surface area contributed by atoms with Crippen molar-refractivity contribution in [2.75, 3.05) is 0 Å². The Bertz CT molecular complexity index is 1410. The molecule has 1 saturated carbocycles. The van der Waals surface area contributed by atoms with Gasteiger partial charge in [0.1, 0.15) is 0 Å². The third kappa shape index (κ3) is 5.52. The Morgan fingerprint density at radius 1 is 1.00 bits per heavy atom. The molecule has 0 amide bonds. The van der Waals surface area contributed by atoms with Gasteiger partial charge in [-0.15, -0.1) is 5.10 Å². The molecule has 7 heteroatoms. The van der Waals surface area contributed by atoms with Crippen molar-refractivity contribution in [2.24, 2.45) is 0 Å². The molecule has 2 heterocycles. The summed E-state index contributed by atoms with van der Waals surface area (Å²) in [4.78, 5) is 18.8. The number of fused-ring (bicyclic) bond motifs is 1. The lowest BCUT2D eigenvalue weighted by atomic mass is 9.95. The maximum Gasteiger partial charge on any atom is 0.252 e. The second-order valence-corrected chi connectivity index (χ2v) is 10.8. The van der Waals surface area contributed by atoms with E-state index in [4.69, 9.17) is 0 Å². The number of tetrazole rings is 1. The fraction of sp³-hybridized carbons (Fsp3) is 0.467. The van der Waals surface area contributed by atoms with Crippen LogP contribution in [0, 0.1) is 20.8 Å². The summed E-state index contributed by atoms with van der Waals surface area (Å²) in [6, 6.07) is 15.3. The Morgan fingerprint density at radius 2 is 1.76 bits per heavy atom. The number of aromatic nitrogens is 5. The largest absolute Gasteiger partial charge is 0.321 e. The topological polar surface area (TPSA) is 79.7 Å². The van der Waals surface area contributed by atoms with Gasteiger partial charge in [-0.1, -0.05) is 67.6 Å². The Labute approximate surface area is 218 Å². The van der Waals surface area contributed by atoms with Crippen LogP contribution in [0.3, 0.4) is 0 Å². The molecule has 0 bridgehead atoms. The number of hydrogen-bond donors (Lipinski definition) is 1. The van der Waals surface area contributed by atoms with Crippen molar-refractivity contribution < 1.29 is 0 Å². The zero-order chi connectivity index (χ0) is 25.9. The highest BCUT2D eigenvalue weighted by Crippen LogP contribution is 2.33. The van der Waals surface area contributed by atoms with Crippen molar-refractivity contribution in [3.63, 3.8) is 0 Å². The summed E-state index contributed by atoms with van der Waals surface area (Å²) in [5.41, 5.74) is 6.38. The summed E-state index contributed by atoms with van der Waals surface area (Å²) in [6.45, 7) is 9.66. The third-order valence-corrected chi connectivity index (χ3v) is 7.81. The van der Waals surface area contributed by atoms with Crippen LogP contribution in [0.4, 0.5) is 0 Å². The summed E-state index contributed by atoms with van der Waals surface area (Å²) in [5, 5.41) is 14.2. The second-order valence-electron chi connectivity index (χ2n) is 10.8. The monoisotopic (exact) mass is 498 g/mol. The Hall–Kier alpha value is -3.32. The first-order valence-corrected chi connectivity index (χ1v) is 13.6. The van der Waals surface area contributed by atoms with Gasteiger partial charge in [0.05, 0.1) is 17.6 Å². The molecule has 37 heavy (non-hydrogen) atoms. The average Bonchev–Trinajstić information content (AvgIpc) is 3.37. The molecule has 0 saturated heterocycles. The van der Waals surface area contributed by atoms with Crippen LogP contribution >= 0.6 is 0 Å². The van der Waals surface area contributed by atoms with E-state index in [9.17, 15) is 4.79 Å². The molecular weight excluding hydrogens is 460 g/mol. The molecule has 7 nitrogen and oxygen atoms in total. The highest BCUT2D eigenvalue weighted by molar-refractivity contribution is 5.82. The molecule has 1 N–H and O–H groups in total. The SMILES string of the molecule is CCC(c1nnnn1C1CCCCC1)N(Cc1ccc(C)cc1)Cc1cc2cc(C)cc(C)c2[nH]c1=O. The van der Waals surface area contributed by atoms with Crippen molar-refractivity contribution in [2.45, 2.75) is 91.4 Å². The molecule has 0 spiro atoms. The van der Waals surface area contributed by atoms with E-state index in [1.165, 1.54) is 36.0 Å². The minimum atomic E-state index is -0.0323. The van der Waals surface area contributed by atoms with E-state index in [0.717, 1.165) is 47.1 Å². The Balaban J connectivity index is 1.54. The van der Waals surface area contributed by atoms with Crippen LogP contribution < -0.4 is 5.56 Å². The summed E-state index contributed by atoms with van der Waals surface area (Å²) < 4.78 is 2.08. The molecule has 0 aliphatic heterocycles. The lowest BCUT2D eigenvalue weighted by Gasteiger charge is -2.32. The van der Waals surface area contributed by atoms with E-state index >= 15 is 0 Å². The minimum Gasteiger partial charge on any atom is -0.321 e. The number of pyridine rings is 1. The number of nitrogens with one attached hydrogen (secondary N) is 1. The first-order chi connectivity index (χ1) is 17.9. The first-order valence-electron chi connectivity index (χ1n) is 13.6. The summed E-state index contributed by atoms with van der Waals surface area (Å²) >= 11 is 0. The van der Waals surface area contributed by atoms with Crippen LogP contribution in [-0.4, -0.2) is 30.1 Å². The fourth-order valence-corrected chi connectivity index (χ4v) is 5.88. The van der Waals surface area contributed by atoms with Gasteiger partial charge >= 0.3 is 0 Å². The summed E-state index contributed by atoms with van der Waals surface area (Å²) in [6.07, 6.45) is 6.82. The van der Waals surface area contributed by atoms with E-state index in [0.29, 0.717) is 19.1 Å². The van der Waals surface area contributed by atoms with E-state index in [1.54, 1.807) is 0 Å². The molecule has 4 aromatic rings. The summed E-state index contributed by atoms with van der Waals surface area (Å²) in [7, 11) is 0. The van der Waals surface area contributed by atoms with Crippen LogP contribution in [0.1, 0.15) is 91.2 Å². The maximum absolute atomic E-state index is 13.3. The molecule has 1 aliphatic rings. The zero-order valence-electron chi connectivity index (χ0n) is 22.5. The Morgan fingerprint density at radius 3 is 2.49 bits per heavy atom. The van der Waals surface area contributed by atoms with Gasteiger partial charge in [-0.3, -0.25) is 9.69 Å². The highest BCUT2D eigenvalue weighted by Gasteiger charge is 2.29. The Kier molecular flexibility index (Phi) is 7.51. The smallest absolute Gasteiger partial charge is 0.252 e. The van der Waals surface area contributed by atoms with Crippen LogP contribution in [0.5, 0.6) is 0 Å². The minimum absolute atomic E-state index is 0.00688. The van der Waals surface area contributed by atoms with Crippen LogP contribution in [0.2, 0.25) is 0 Å². The number of aryl methyl sites for hydroxylation is 3. The number of rotatable bonds is 8. The summed E-state index contributed by atoms with van der Waals surface area (Å²) in [5.74, 6) is 0.908. The van der Waals surface area contributed by atoms with Gasteiger partial charge < -0.3 is 4.98 Å². The van der Waals surface area contributed by atoms with Gasteiger partial charge in [0.25, 0.3) is 5.56 Å². The zero-order valence-corrected chi connectivity index (χ0v) is 22.5. The number of nitrogens with zero attached hydrogens (tertiary/aromatic N) is 5. The van der Waals surface area contributed by atoms with Gasteiger partial charge in [0.2, 0.25) is 0 Å². The van der Waals surface area contributed by atoms with E-state index in [1.807, 2.05) is 6.92 Å². The van der Waals surface area contributed by atoms with Crippen molar-refractivity contribution >= 4 is 10.9 Å². The van der Waals surface area contributed by atoms with E-state index < -0.39 is 0 Å². The van der Waals surface area contributed by atoms with Gasteiger partial charge in [-0.05, 0) is 79.1 Å². The van der Waals surface area contributed by atoms with E-state index in [-0.39, 0.29) is 11.6 Å². The van der Waals surface area contributed by atoms with Crippen molar-refractivity contribution in [1.82, 2.24) is 30.1 Å². The standard InChI is InChI=1S/C30H38N6O/c1-5-27(29-32-33-34-36(29)26-9-7-6-8-10-26)35(18-23-13-11-20(2)12-14-23)19-25-17-24-16-21(3)15-22(4)28(24)31-30(25)37/h11-17,26-27H,5-10,18-19H2,1-4H3,(H,31,37). The lowest BCUT2D eigenvalue weighted by Crippen LogP contribution is -2.33. The number of aromatic amines is 1. The molecule has 2 aromatic carbocycles. The second kappa shape index (κ2) is 11.0. The molecular formula is C30H38N6O. The van der Waals surface area contributed by atoms with Crippen molar-refractivity contribution in [1.29, 1.82) is 0 Å². The van der Waals surface area contributed by atoms with Crippen molar-refractivity contribution in [3.05, 3.63) is 86.5 Å². The predicted octanol–water partition coefficient (Wildman–Crippen LogP) is 6.10. The van der Waals surface area contributed by atoms with Gasteiger partial charge in [0, 0.05) is 18.7 Å². The van der Waals surface area contributed by atoms with E-state index in [2.05, 4.69) is 93.3 Å². The first kappa shape index (κ1) is 25.3. The quantitative estimate of drug-likeness (QED) is 0.318. The number of H-pyrrole nitrogens is 1. The molecule has 1 atom stereocenters. The van der Waals surface area contributed by atoms with Crippen LogP contribution in [-0.2, 0) is 13.1 Å². The lowest BCUT2D eigenvalue weighted by molar-refractivity contribution is 0.155. The molecule has 1 unspecified atom stereocenters. The van der Waals surface area contributed by atoms with Gasteiger partial charge in [-0.25, -0.2) is 4.68 Å². The average molecular weight is 499 g/mol. The normalized spacial score (nSPS) is 15.5. The van der Waals surface area contributed by atoms with Gasteiger partial charge in [0.15, 0.2) is 5.82 Å². The predicted molar refractivity (Wildman–Crippen MR) is 147 cm³/mol. The van der Waals surface area contributed by atoms with Gasteiger partial charge in [-0.2, -0.15) is 0 Å². The van der Waals surface area contributed by atoms with Crippen LogP contribution in [0.15, 0.2) is 47.3 Å². The van der Waals surface area contributed by atoms with Crippen molar-refractivity contribution in [3.8, 4) is 0 Å². The highest BCUT2D eigenvalue weighted by atomic mass is 16.1. The molecule has 5 rings (SSSR count). The number of benzene rings is 2. The maximum atomic E-state index is 13.3. The number of hydrogen-bond acceptors (Lipinski definition) is 5. The fourth-order valence-electron chi connectivity index (χ4n) is 5.88. The van der Waals surface area contributed by atoms with Crippen LogP contribution in [0.25, 0.3) is 10.9 Å².